The number of allylic oxidation sites excluding steroid dienone is 4. The predicted octanol–water partition coefficient (Wildman–Crippen LogP) is 6.61. The van der Waals surface area contributed by atoms with Crippen LogP contribution in [0.2, 0.25) is 0 Å². The fraction of sp³-hybridized carbons (Fsp3) is 0.632. The normalized spacial score (nSPS) is 8.65. The minimum absolute atomic E-state index is 0. The molecule has 0 heterocycles. The van der Waals surface area contributed by atoms with Crippen LogP contribution in [0.1, 0.15) is 69.7 Å². The number of rotatable bonds is 5. The van der Waals surface area contributed by atoms with Crippen LogP contribution in [0.3, 0.4) is 0 Å². The summed E-state index contributed by atoms with van der Waals surface area (Å²) in [5, 5.41) is 0. The quantitative estimate of drug-likeness (QED) is 0.409. The highest BCUT2D eigenvalue weighted by atomic mass is 16.1. The van der Waals surface area contributed by atoms with Crippen molar-refractivity contribution in [1.82, 2.24) is 0 Å². The average molecular weight is 283 g/mol. The van der Waals surface area contributed by atoms with Crippen molar-refractivity contribution >= 4 is 5.78 Å². The van der Waals surface area contributed by atoms with E-state index in [0.29, 0.717) is 24.0 Å². The molecule has 0 aliphatic rings. The minimum atomic E-state index is 0. The molecular formula is C19H38O. The first kappa shape index (κ1) is 27.3. The van der Waals surface area contributed by atoms with Gasteiger partial charge in [0.05, 0.1) is 0 Å². The van der Waals surface area contributed by atoms with E-state index in [2.05, 4.69) is 40.9 Å². The van der Waals surface area contributed by atoms with E-state index in [-0.39, 0.29) is 14.9 Å². The van der Waals surface area contributed by atoms with Gasteiger partial charge in [0.2, 0.25) is 0 Å². The third-order valence-corrected chi connectivity index (χ3v) is 2.77. The number of Topliss-reactive ketones (excluding diaryl/α,β-unsaturated/α-hetero) is 1. The van der Waals surface area contributed by atoms with E-state index in [4.69, 9.17) is 0 Å². The Morgan fingerprint density at radius 1 is 1.05 bits per heavy atom. The van der Waals surface area contributed by atoms with Gasteiger partial charge in [-0.3, -0.25) is 4.79 Å². The second-order valence-corrected chi connectivity index (χ2v) is 5.58. The van der Waals surface area contributed by atoms with Gasteiger partial charge in [0.15, 0.2) is 5.78 Å². The Morgan fingerprint density at radius 2 is 1.45 bits per heavy atom. The van der Waals surface area contributed by atoms with Crippen molar-refractivity contribution in [2.75, 3.05) is 0 Å². The molecule has 0 amide bonds. The van der Waals surface area contributed by atoms with Crippen molar-refractivity contribution in [1.29, 1.82) is 0 Å². The zero-order valence-electron chi connectivity index (χ0n) is 13.3. The van der Waals surface area contributed by atoms with Crippen molar-refractivity contribution in [3.8, 4) is 0 Å². The largest absolute Gasteiger partial charge is 0.295 e. The van der Waals surface area contributed by atoms with Gasteiger partial charge in [0, 0.05) is 6.42 Å². The van der Waals surface area contributed by atoms with Crippen LogP contribution < -0.4 is 0 Å². The molecule has 0 spiro atoms. The SMILES string of the molecule is C.C.C=CC(=C)C(C)C.CC(C)=C(C)C(=O)CC(C)C. The van der Waals surface area contributed by atoms with Gasteiger partial charge in [-0.2, -0.15) is 0 Å². The Kier molecular flexibility index (Phi) is 19.5. The van der Waals surface area contributed by atoms with Gasteiger partial charge in [0.25, 0.3) is 0 Å². The maximum atomic E-state index is 11.3. The van der Waals surface area contributed by atoms with Crippen molar-refractivity contribution in [3.63, 3.8) is 0 Å². The Bertz CT molecular complexity index is 313. The molecule has 0 N–H and O–H groups in total. The van der Waals surface area contributed by atoms with E-state index in [1.807, 2.05) is 20.8 Å². The lowest BCUT2D eigenvalue weighted by molar-refractivity contribution is -0.116. The van der Waals surface area contributed by atoms with Crippen LogP contribution in [0.4, 0.5) is 0 Å². The maximum absolute atomic E-state index is 11.3. The number of ketones is 1. The molecule has 1 heteroatoms. The standard InChI is InChI=1S/C10H18O.C7H12.2CH4/c1-7(2)6-10(11)9(5)8(3)4;1-5-7(4)6(2)3;;/h7H,6H2,1-5H3;5-6H,1,4H2,2-3H3;2*1H4. The molecule has 0 aromatic heterocycles. The molecule has 0 fully saturated rings. The molecule has 0 aliphatic carbocycles. The number of carbonyl (C=O) groups is 1. The molecule has 20 heavy (non-hydrogen) atoms. The Labute approximate surface area is 128 Å². The highest BCUT2D eigenvalue weighted by Gasteiger charge is 2.07. The molecule has 0 saturated carbocycles. The van der Waals surface area contributed by atoms with Crippen LogP contribution in [0.15, 0.2) is 36.0 Å². The molecule has 0 saturated heterocycles. The van der Waals surface area contributed by atoms with Gasteiger partial charge < -0.3 is 0 Å². The van der Waals surface area contributed by atoms with Crippen LogP contribution in [0.25, 0.3) is 0 Å². The van der Waals surface area contributed by atoms with Gasteiger partial charge in [-0.05, 0) is 38.2 Å². The van der Waals surface area contributed by atoms with Gasteiger partial charge in [0.1, 0.15) is 0 Å². The van der Waals surface area contributed by atoms with Crippen LogP contribution in [0.5, 0.6) is 0 Å². The van der Waals surface area contributed by atoms with Gasteiger partial charge >= 0.3 is 0 Å². The predicted molar refractivity (Wildman–Crippen MR) is 96.1 cm³/mol. The summed E-state index contributed by atoms with van der Waals surface area (Å²) >= 11 is 0. The summed E-state index contributed by atoms with van der Waals surface area (Å²) in [6.07, 6.45) is 2.47. The van der Waals surface area contributed by atoms with E-state index in [9.17, 15) is 4.79 Å². The highest BCUT2D eigenvalue weighted by molar-refractivity contribution is 5.95. The lowest BCUT2D eigenvalue weighted by atomic mass is 10.00. The Hall–Kier alpha value is -1.11. The van der Waals surface area contributed by atoms with E-state index < -0.39 is 0 Å². The monoisotopic (exact) mass is 282 g/mol. The van der Waals surface area contributed by atoms with Crippen molar-refractivity contribution in [2.24, 2.45) is 11.8 Å². The summed E-state index contributed by atoms with van der Waals surface area (Å²) in [6, 6.07) is 0. The van der Waals surface area contributed by atoms with Crippen LogP contribution in [-0.2, 0) is 4.79 Å². The molecule has 0 aromatic rings. The van der Waals surface area contributed by atoms with Crippen molar-refractivity contribution < 1.29 is 4.79 Å². The second kappa shape index (κ2) is 14.3. The van der Waals surface area contributed by atoms with Crippen LogP contribution in [-0.4, -0.2) is 5.78 Å². The van der Waals surface area contributed by atoms with Crippen LogP contribution in [0, 0.1) is 11.8 Å². The van der Waals surface area contributed by atoms with E-state index >= 15 is 0 Å². The summed E-state index contributed by atoms with van der Waals surface area (Å²) in [7, 11) is 0. The lowest BCUT2D eigenvalue weighted by Gasteiger charge is -2.04. The third kappa shape index (κ3) is 14.9. The maximum Gasteiger partial charge on any atom is 0.158 e. The summed E-state index contributed by atoms with van der Waals surface area (Å²) in [6.45, 7) is 21.5. The van der Waals surface area contributed by atoms with E-state index in [1.165, 1.54) is 0 Å². The molecule has 0 aromatic carbocycles. The van der Waals surface area contributed by atoms with Gasteiger partial charge in [-0.1, -0.05) is 72.9 Å². The third-order valence-electron chi connectivity index (χ3n) is 2.77. The molecule has 0 aliphatic heterocycles. The smallest absolute Gasteiger partial charge is 0.158 e. The first-order chi connectivity index (χ1) is 8.13. The molecule has 0 bridgehead atoms. The zero-order chi connectivity index (χ0) is 14.9. The average Bonchev–Trinajstić information content (AvgIpc) is 2.26. The number of carbonyl (C=O) groups excluding carboxylic acids is 1. The molecule has 0 rings (SSSR count). The summed E-state index contributed by atoms with van der Waals surface area (Å²) < 4.78 is 0. The zero-order valence-corrected chi connectivity index (χ0v) is 13.3. The number of hydrogen-bond acceptors (Lipinski definition) is 1. The fourth-order valence-electron chi connectivity index (χ4n) is 1.04. The summed E-state index contributed by atoms with van der Waals surface area (Å²) in [4.78, 5) is 11.3. The van der Waals surface area contributed by atoms with Crippen molar-refractivity contribution in [2.45, 2.75) is 69.7 Å². The molecule has 120 valence electrons. The Balaban J connectivity index is -0.000000126. The first-order valence-corrected chi connectivity index (χ1v) is 6.61. The minimum Gasteiger partial charge on any atom is -0.295 e. The summed E-state index contributed by atoms with van der Waals surface area (Å²) in [5.41, 5.74) is 3.18. The van der Waals surface area contributed by atoms with E-state index in [1.54, 1.807) is 6.08 Å². The summed E-state index contributed by atoms with van der Waals surface area (Å²) in [5.74, 6) is 1.31. The lowest BCUT2D eigenvalue weighted by Crippen LogP contribution is -2.04. The first-order valence-electron chi connectivity index (χ1n) is 6.61. The van der Waals surface area contributed by atoms with Crippen molar-refractivity contribution in [3.05, 3.63) is 36.0 Å². The highest BCUT2D eigenvalue weighted by Crippen LogP contribution is 2.10. The molecule has 0 radical (unpaired) electrons. The fourth-order valence-corrected chi connectivity index (χ4v) is 1.04. The topological polar surface area (TPSA) is 17.1 Å². The molecule has 0 atom stereocenters. The van der Waals surface area contributed by atoms with Gasteiger partial charge in [-0.15, -0.1) is 0 Å². The molecule has 0 unspecified atom stereocenters. The van der Waals surface area contributed by atoms with E-state index in [0.717, 1.165) is 16.7 Å². The van der Waals surface area contributed by atoms with Crippen LogP contribution >= 0.6 is 0 Å². The number of hydrogen-bond donors (Lipinski definition) is 0. The molecular weight excluding hydrogens is 244 g/mol. The molecule has 1 nitrogen and oxygen atoms in total. The second-order valence-electron chi connectivity index (χ2n) is 5.58. The van der Waals surface area contributed by atoms with Gasteiger partial charge in [-0.25, -0.2) is 0 Å². The Morgan fingerprint density at radius 3 is 1.60 bits per heavy atom.